The normalized spacial score (nSPS) is 12.8. The van der Waals surface area contributed by atoms with E-state index in [1.807, 2.05) is 24.3 Å². The van der Waals surface area contributed by atoms with Gasteiger partial charge in [0.05, 0.1) is 6.04 Å². The molecular formula is C16H16N2O. The summed E-state index contributed by atoms with van der Waals surface area (Å²) in [5.41, 5.74) is 10.5. The van der Waals surface area contributed by atoms with Crippen molar-refractivity contribution in [2.45, 2.75) is 19.9 Å². The molecule has 0 saturated carbocycles. The molecule has 0 fully saturated rings. The summed E-state index contributed by atoms with van der Waals surface area (Å²) < 4.78 is 5.92. The predicted octanol–water partition coefficient (Wildman–Crippen LogP) is 3.49. The molecule has 3 heteroatoms. The van der Waals surface area contributed by atoms with E-state index >= 15 is 0 Å². The lowest BCUT2D eigenvalue weighted by Crippen LogP contribution is -2.12. The number of pyridine rings is 1. The van der Waals surface area contributed by atoms with Crippen LogP contribution in [-0.4, -0.2) is 4.98 Å². The Kier molecular flexibility index (Phi) is 2.84. The number of aryl methyl sites for hydroxylation is 2. The molecule has 96 valence electrons. The molecule has 0 spiro atoms. The molecule has 0 aliphatic carbocycles. The third-order valence-corrected chi connectivity index (χ3v) is 3.45. The minimum Gasteiger partial charge on any atom is -0.459 e. The number of nitrogens with two attached hydrogens (primary N) is 1. The first-order valence-corrected chi connectivity index (χ1v) is 6.32. The highest BCUT2D eigenvalue weighted by molar-refractivity contribution is 5.83. The number of aromatic nitrogens is 1. The van der Waals surface area contributed by atoms with Crippen molar-refractivity contribution >= 4 is 11.0 Å². The first kappa shape index (κ1) is 11.9. The molecule has 1 aromatic carbocycles. The SMILES string of the molecule is Cc1ccc2oc(C(N)c3cccnc3)c(C)c2c1. The molecule has 3 aromatic rings. The van der Waals surface area contributed by atoms with Crippen LogP contribution in [0.15, 0.2) is 47.1 Å². The molecule has 2 aromatic heterocycles. The molecule has 3 rings (SSSR count). The highest BCUT2D eigenvalue weighted by Gasteiger charge is 2.18. The van der Waals surface area contributed by atoms with Crippen LogP contribution in [0.2, 0.25) is 0 Å². The van der Waals surface area contributed by atoms with Gasteiger partial charge in [-0.1, -0.05) is 17.7 Å². The smallest absolute Gasteiger partial charge is 0.134 e. The zero-order valence-electron chi connectivity index (χ0n) is 11.1. The summed E-state index contributed by atoms with van der Waals surface area (Å²) in [4.78, 5) is 4.11. The average molecular weight is 252 g/mol. The Morgan fingerprint density at radius 1 is 1.21 bits per heavy atom. The summed E-state index contributed by atoms with van der Waals surface area (Å²) in [7, 11) is 0. The van der Waals surface area contributed by atoms with E-state index < -0.39 is 0 Å². The summed E-state index contributed by atoms with van der Waals surface area (Å²) in [5, 5.41) is 1.13. The third kappa shape index (κ3) is 2.02. The van der Waals surface area contributed by atoms with Gasteiger partial charge in [0.15, 0.2) is 0 Å². The number of fused-ring (bicyclic) bond motifs is 1. The van der Waals surface area contributed by atoms with Crippen LogP contribution in [-0.2, 0) is 0 Å². The van der Waals surface area contributed by atoms with E-state index in [9.17, 15) is 0 Å². The molecule has 2 N–H and O–H groups in total. The molecule has 19 heavy (non-hydrogen) atoms. The first-order chi connectivity index (χ1) is 9.16. The van der Waals surface area contributed by atoms with Crippen LogP contribution in [0.1, 0.15) is 28.5 Å². The number of nitrogens with zero attached hydrogens (tertiary/aromatic N) is 1. The van der Waals surface area contributed by atoms with Crippen LogP contribution in [0.4, 0.5) is 0 Å². The second-order valence-electron chi connectivity index (χ2n) is 4.85. The van der Waals surface area contributed by atoms with Crippen molar-refractivity contribution in [2.24, 2.45) is 5.73 Å². The Morgan fingerprint density at radius 2 is 2.05 bits per heavy atom. The second kappa shape index (κ2) is 4.52. The number of hydrogen-bond acceptors (Lipinski definition) is 3. The minimum atomic E-state index is -0.276. The molecule has 0 saturated heterocycles. The average Bonchev–Trinajstić information content (AvgIpc) is 2.76. The summed E-state index contributed by atoms with van der Waals surface area (Å²) in [5.74, 6) is 0.814. The van der Waals surface area contributed by atoms with E-state index in [-0.39, 0.29) is 6.04 Å². The van der Waals surface area contributed by atoms with Crippen LogP contribution in [0.3, 0.4) is 0 Å². The molecule has 3 nitrogen and oxygen atoms in total. The van der Waals surface area contributed by atoms with Gasteiger partial charge in [-0.25, -0.2) is 0 Å². The fourth-order valence-corrected chi connectivity index (χ4v) is 2.36. The topological polar surface area (TPSA) is 52.0 Å². The van der Waals surface area contributed by atoms with E-state index in [2.05, 4.69) is 24.9 Å². The minimum absolute atomic E-state index is 0.276. The fourth-order valence-electron chi connectivity index (χ4n) is 2.36. The van der Waals surface area contributed by atoms with Gasteiger partial charge in [-0.2, -0.15) is 0 Å². The molecule has 2 heterocycles. The van der Waals surface area contributed by atoms with E-state index in [1.54, 1.807) is 12.4 Å². The Hall–Kier alpha value is -2.13. The van der Waals surface area contributed by atoms with Gasteiger partial charge in [0.25, 0.3) is 0 Å². The Bertz CT molecular complexity index is 716. The second-order valence-corrected chi connectivity index (χ2v) is 4.85. The van der Waals surface area contributed by atoms with E-state index in [1.165, 1.54) is 5.56 Å². The van der Waals surface area contributed by atoms with Gasteiger partial charge in [-0.15, -0.1) is 0 Å². The molecule has 1 unspecified atom stereocenters. The van der Waals surface area contributed by atoms with Gasteiger partial charge < -0.3 is 10.2 Å². The molecule has 0 bridgehead atoms. The molecular weight excluding hydrogens is 236 g/mol. The van der Waals surface area contributed by atoms with Crippen LogP contribution >= 0.6 is 0 Å². The lowest BCUT2D eigenvalue weighted by molar-refractivity contribution is 0.520. The van der Waals surface area contributed by atoms with Crippen molar-refractivity contribution in [1.29, 1.82) is 0 Å². The maximum Gasteiger partial charge on any atom is 0.134 e. The monoisotopic (exact) mass is 252 g/mol. The summed E-state index contributed by atoms with van der Waals surface area (Å²) >= 11 is 0. The summed E-state index contributed by atoms with van der Waals surface area (Å²) in [6.45, 7) is 4.13. The first-order valence-electron chi connectivity index (χ1n) is 6.32. The number of furan rings is 1. The van der Waals surface area contributed by atoms with Gasteiger partial charge in [-0.3, -0.25) is 4.98 Å². The molecule has 0 aliphatic heterocycles. The molecule has 0 amide bonds. The predicted molar refractivity (Wildman–Crippen MR) is 76.0 cm³/mol. The molecule has 0 radical (unpaired) electrons. The quantitative estimate of drug-likeness (QED) is 0.759. The van der Waals surface area contributed by atoms with Gasteiger partial charge in [0.2, 0.25) is 0 Å². The van der Waals surface area contributed by atoms with Gasteiger partial charge in [0, 0.05) is 23.3 Å². The maximum atomic E-state index is 6.29. The third-order valence-electron chi connectivity index (χ3n) is 3.45. The zero-order chi connectivity index (χ0) is 13.4. The zero-order valence-corrected chi connectivity index (χ0v) is 11.1. The van der Waals surface area contributed by atoms with Crippen LogP contribution in [0.25, 0.3) is 11.0 Å². The van der Waals surface area contributed by atoms with E-state index in [0.717, 1.165) is 27.9 Å². The van der Waals surface area contributed by atoms with Crippen molar-refractivity contribution in [3.05, 3.63) is 65.2 Å². The van der Waals surface area contributed by atoms with Crippen molar-refractivity contribution in [3.8, 4) is 0 Å². The lowest BCUT2D eigenvalue weighted by Gasteiger charge is -2.09. The summed E-state index contributed by atoms with van der Waals surface area (Å²) in [6.07, 6.45) is 3.52. The molecule has 0 aliphatic rings. The Labute approximate surface area is 112 Å². The van der Waals surface area contributed by atoms with Gasteiger partial charge >= 0.3 is 0 Å². The van der Waals surface area contributed by atoms with Gasteiger partial charge in [0.1, 0.15) is 11.3 Å². The lowest BCUT2D eigenvalue weighted by atomic mass is 10.0. The highest BCUT2D eigenvalue weighted by atomic mass is 16.3. The maximum absolute atomic E-state index is 6.29. The Morgan fingerprint density at radius 3 is 2.79 bits per heavy atom. The van der Waals surface area contributed by atoms with Crippen molar-refractivity contribution in [1.82, 2.24) is 4.98 Å². The van der Waals surface area contributed by atoms with Crippen LogP contribution in [0, 0.1) is 13.8 Å². The van der Waals surface area contributed by atoms with Crippen molar-refractivity contribution in [3.63, 3.8) is 0 Å². The standard InChI is InChI=1S/C16H16N2O/c1-10-5-6-14-13(8-10)11(2)16(19-14)15(17)12-4-3-7-18-9-12/h3-9,15H,17H2,1-2H3. The highest BCUT2D eigenvalue weighted by Crippen LogP contribution is 2.31. The molecule has 1 atom stereocenters. The summed E-state index contributed by atoms with van der Waals surface area (Å²) in [6, 6.07) is 9.75. The van der Waals surface area contributed by atoms with Gasteiger partial charge in [-0.05, 0) is 37.6 Å². The Balaban J connectivity index is 2.13. The van der Waals surface area contributed by atoms with E-state index in [0.29, 0.717) is 0 Å². The number of hydrogen-bond donors (Lipinski definition) is 1. The van der Waals surface area contributed by atoms with E-state index in [4.69, 9.17) is 10.2 Å². The fraction of sp³-hybridized carbons (Fsp3) is 0.188. The number of rotatable bonds is 2. The number of benzene rings is 1. The van der Waals surface area contributed by atoms with Crippen LogP contribution in [0.5, 0.6) is 0 Å². The van der Waals surface area contributed by atoms with Crippen molar-refractivity contribution in [2.75, 3.05) is 0 Å². The van der Waals surface area contributed by atoms with Crippen LogP contribution < -0.4 is 5.73 Å². The largest absolute Gasteiger partial charge is 0.459 e. The van der Waals surface area contributed by atoms with Crippen molar-refractivity contribution < 1.29 is 4.42 Å².